The molecule has 1 amide bonds. The number of oxazole rings is 1. The van der Waals surface area contributed by atoms with E-state index in [0.717, 1.165) is 14.8 Å². The van der Waals surface area contributed by atoms with Gasteiger partial charge in [0.25, 0.3) is 5.89 Å². The van der Waals surface area contributed by atoms with E-state index >= 15 is 0 Å². The summed E-state index contributed by atoms with van der Waals surface area (Å²) >= 11 is 2.23. The topological polar surface area (TPSA) is 55.1 Å². The maximum atomic E-state index is 11.8. The largest absolute Gasteiger partial charge is 0.438 e. The van der Waals surface area contributed by atoms with Gasteiger partial charge in [-0.05, 0) is 60.2 Å². The van der Waals surface area contributed by atoms with Gasteiger partial charge >= 0.3 is 5.91 Å². The van der Waals surface area contributed by atoms with Gasteiger partial charge in [-0.2, -0.15) is 0 Å². The van der Waals surface area contributed by atoms with Crippen LogP contribution in [0.2, 0.25) is 0 Å². The fourth-order valence-corrected chi connectivity index (χ4v) is 2.05. The van der Waals surface area contributed by atoms with Gasteiger partial charge in [-0.3, -0.25) is 4.79 Å². The number of hydrogen-bond donors (Lipinski definition) is 1. The summed E-state index contributed by atoms with van der Waals surface area (Å²) in [5.74, 6) is 0.373. The van der Waals surface area contributed by atoms with Gasteiger partial charge in [-0.15, -0.1) is 0 Å². The van der Waals surface area contributed by atoms with Gasteiger partial charge in [0.05, 0.1) is 6.20 Å². The number of halogens is 1. The van der Waals surface area contributed by atoms with Gasteiger partial charge in [0.2, 0.25) is 0 Å². The molecule has 1 aromatic carbocycles. The highest BCUT2D eigenvalue weighted by molar-refractivity contribution is 14.1. The molecule has 0 radical (unpaired) electrons. The maximum absolute atomic E-state index is 11.8. The Morgan fingerprint density at radius 2 is 2.18 bits per heavy atom. The summed E-state index contributed by atoms with van der Waals surface area (Å²) in [5, 5.41) is 2.77. The van der Waals surface area contributed by atoms with Crippen LogP contribution in [0.1, 0.15) is 22.0 Å². The Labute approximate surface area is 113 Å². The molecule has 1 heterocycles. The fraction of sp³-hybridized carbons (Fsp3) is 0.167. The van der Waals surface area contributed by atoms with Crippen LogP contribution in [0.5, 0.6) is 0 Å². The zero-order chi connectivity index (χ0) is 12.4. The molecular weight excluding hydrogens is 331 g/mol. The first-order valence-electron chi connectivity index (χ1n) is 5.06. The normalized spacial score (nSPS) is 10.3. The van der Waals surface area contributed by atoms with E-state index in [9.17, 15) is 4.79 Å². The monoisotopic (exact) mass is 342 g/mol. The highest BCUT2D eigenvalue weighted by Gasteiger charge is 2.13. The van der Waals surface area contributed by atoms with Gasteiger partial charge in [-0.1, -0.05) is 0 Å². The molecule has 0 aliphatic rings. The number of aryl methyl sites for hydroxylation is 2. The first-order chi connectivity index (χ1) is 8.06. The smallest absolute Gasteiger partial charge is 0.311 e. The van der Waals surface area contributed by atoms with Crippen LogP contribution >= 0.6 is 22.6 Å². The molecule has 0 saturated heterocycles. The number of carbonyl (C=O) groups excluding carboxylic acids is 1. The standard InChI is InChI=1S/C12H11IN2O2/c1-7-5-9(13)3-4-10(7)15-11(16)12-14-6-8(2)17-12/h3-6H,1-2H3,(H,15,16). The Hall–Kier alpha value is -1.37. The van der Waals surface area contributed by atoms with Crippen LogP contribution in [-0.2, 0) is 0 Å². The van der Waals surface area contributed by atoms with Crippen molar-refractivity contribution in [2.75, 3.05) is 5.32 Å². The van der Waals surface area contributed by atoms with Gasteiger partial charge < -0.3 is 9.73 Å². The number of amides is 1. The summed E-state index contributed by atoms with van der Waals surface area (Å²) in [6, 6.07) is 5.80. The van der Waals surface area contributed by atoms with Crippen LogP contribution in [-0.4, -0.2) is 10.9 Å². The number of aromatic nitrogens is 1. The van der Waals surface area contributed by atoms with Crippen molar-refractivity contribution >= 4 is 34.2 Å². The molecule has 1 N–H and O–H groups in total. The van der Waals surface area contributed by atoms with Crippen LogP contribution < -0.4 is 5.32 Å². The van der Waals surface area contributed by atoms with Crippen molar-refractivity contribution in [1.29, 1.82) is 0 Å². The number of rotatable bonds is 2. The second kappa shape index (κ2) is 4.87. The number of hydrogen-bond acceptors (Lipinski definition) is 3. The van der Waals surface area contributed by atoms with E-state index in [0.29, 0.717) is 5.76 Å². The minimum absolute atomic E-state index is 0.0837. The molecule has 0 unspecified atom stereocenters. The maximum Gasteiger partial charge on any atom is 0.311 e. The molecule has 88 valence electrons. The lowest BCUT2D eigenvalue weighted by Gasteiger charge is -2.06. The Balaban J connectivity index is 2.18. The molecule has 0 bridgehead atoms. The van der Waals surface area contributed by atoms with Crippen LogP contribution in [0.25, 0.3) is 0 Å². The van der Waals surface area contributed by atoms with E-state index in [1.807, 2.05) is 25.1 Å². The number of nitrogens with zero attached hydrogens (tertiary/aromatic N) is 1. The summed E-state index contributed by atoms with van der Waals surface area (Å²) in [7, 11) is 0. The molecule has 0 saturated carbocycles. The van der Waals surface area contributed by atoms with Crippen LogP contribution in [0.15, 0.2) is 28.8 Å². The van der Waals surface area contributed by atoms with Crippen molar-refractivity contribution in [3.05, 3.63) is 45.2 Å². The fourth-order valence-electron chi connectivity index (χ4n) is 1.40. The molecule has 1 aromatic heterocycles. The lowest BCUT2D eigenvalue weighted by atomic mass is 10.2. The predicted molar refractivity (Wildman–Crippen MR) is 73.1 cm³/mol. The van der Waals surface area contributed by atoms with E-state index in [1.165, 1.54) is 6.20 Å². The minimum atomic E-state index is -0.331. The molecule has 5 heteroatoms. The first-order valence-corrected chi connectivity index (χ1v) is 6.14. The summed E-state index contributed by atoms with van der Waals surface area (Å²) in [6.07, 6.45) is 1.52. The summed E-state index contributed by atoms with van der Waals surface area (Å²) in [5.41, 5.74) is 1.78. The Morgan fingerprint density at radius 3 is 2.76 bits per heavy atom. The third-order valence-corrected chi connectivity index (χ3v) is 2.92. The Morgan fingerprint density at radius 1 is 1.41 bits per heavy atom. The lowest BCUT2D eigenvalue weighted by molar-refractivity contribution is 0.0989. The highest BCUT2D eigenvalue weighted by atomic mass is 127. The number of nitrogens with one attached hydrogen (secondary N) is 1. The van der Waals surface area contributed by atoms with Crippen LogP contribution in [0.4, 0.5) is 5.69 Å². The molecule has 0 aliphatic carbocycles. The SMILES string of the molecule is Cc1cnc(C(=O)Nc2ccc(I)cc2C)o1. The van der Waals surface area contributed by atoms with Gasteiger partial charge in [0, 0.05) is 9.26 Å². The molecule has 2 rings (SSSR count). The van der Waals surface area contributed by atoms with Crippen LogP contribution in [0, 0.1) is 17.4 Å². The Kier molecular flexibility index (Phi) is 3.46. The second-order valence-corrected chi connectivity index (χ2v) is 4.94. The van der Waals surface area contributed by atoms with Crippen LogP contribution in [0.3, 0.4) is 0 Å². The van der Waals surface area contributed by atoms with Crippen molar-refractivity contribution in [2.24, 2.45) is 0 Å². The molecule has 0 atom stereocenters. The third-order valence-electron chi connectivity index (χ3n) is 2.25. The van der Waals surface area contributed by atoms with E-state index < -0.39 is 0 Å². The molecule has 0 fully saturated rings. The van der Waals surface area contributed by atoms with E-state index in [-0.39, 0.29) is 11.8 Å². The van der Waals surface area contributed by atoms with E-state index in [4.69, 9.17) is 4.42 Å². The quantitative estimate of drug-likeness (QED) is 0.853. The first kappa shape index (κ1) is 12.1. The predicted octanol–water partition coefficient (Wildman–Crippen LogP) is 3.15. The average Bonchev–Trinajstić information content (AvgIpc) is 2.69. The molecule has 4 nitrogen and oxygen atoms in total. The summed E-state index contributed by atoms with van der Waals surface area (Å²) < 4.78 is 6.29. The van der Waals surface area contributed by atoms with Gasteiger partial charge in [-0.25, -0.2) is 4.98 Å². The minimum Gasteiger partial charge on any atom is -0.438 e. The molecular formula is C12H11IN2O2. The summed E-state index contributed by atoms with van der Waals surface area (Å²) in [4.78, 5) is 15.7. The molecule has 0 aliphatic heterocycles. The summed E-state index contributed by atoms with van der Waals surface area (Å²) in [6.45, 7) is 3.69. The van der Waals surface area contributed by atoms with Gasteiger partial charge in [0.15, 0.2) is 0 Å². The van der Waals surface area contributed by atoms with Crippen molar-refractivity contribution in [1.82, 2.24) is 4.98 Å². The van der Waals surface area contributed by atoms with Crippen molar-refractivity contribution in [3.8, 4) is 0 Å². The van der Waals surface area contributed by atoms with Crippen molar-refractivity contribution in [2.45, 2.75) is 13.8 Å². The zero-order valence-electron chi connectivity index (χ0n) is 9.45. The van der Waals surface area contributed by atoms with Crippen molar-refractivity contribution < 1.29 is 9.21 Å². The Bertz CT molecular complexity index is 563. The second-order valence-electron chi connectivity index (χ2n) is 3.69. The van der Waals surface area contributed by atoms with E-state index in [2.05, 4.69) is 32.9 Å². The average molecular weight is 342 g/mol. The zero-order valence-corrected chi connectivity index (χ0v) is 11.6. The number of carbonyl (C=O) groups is 1. The van der Waals surface area contributed by atoms with Gasteiger partial charge in [0.1, 0.15) is 5.76 Å². The lowest BCUT2D eigenvalue weighted by Crippen LogP contribution is -2.13. The van der Waals surface area contributed by atoms with Crippen molar-refractivity contribution in [3.63, 3.8) is 0 Å². The molecule has 17 heavy (non-hydrogen) atoms. The van der Waals surface area contributed by atoms with E-state index in [1.54, 1.807) is 6.92 Å². The number of anilines is 1. The molecule has 2 aromatic rings. The number of benzene rings is 1. The highest BCUT2D eigenvalue weighted by Crippen LogP contribution is 2.18. The third kappa shape index (κ3) is 2.85. The molecule has 0 spiro atoms.